The molecule has 0 unspecified atom stereocenters. The van der Waals surface area contributed by atoms with Crippen LogP contribution < -0.4 is 9.80 Å². The van der Waals surface area contributed by atoms with Crippen molar-refractivity contribution >= 4 is 17.3 Å². The molecule has 2 aromatic carbocycles. The first kappa shape index (κ1) is 16.2. The first-order valence-electron chi connectivity index (χ1n) is 8.16. The van der Waals surface area contributed by atoms with Gasteiger partial charge in [0.1, 0.15) is 12.3 Å². The fourth-order valence-electron chi connectivity index (χ4n) is 3.20. The molecule has 0 amide bonds. The second-order valence-corrected chi connectivity index (χ2v) is 6.90. The summed E-state index contributed by atoms with van der Waals surface area (Å²) < 4.78 is 0. The van der Waals surface area contributed by atoms with E-state index in [-0.39, 0.29) is 0 Å². The molecule has 2 aromatic rings. The zero-order valence-corrected chi connectivity index (χ0v) is 14.5. The third kappa shape index (κ3) is 3.80. The number of hydrogen-bond donors (Lipinski definition) is 2. The summed E-state index contributed by atoms with van der Waals surface area (Å²) in [7, 11) is 0. The highest BCUT2D eigenvalue weighted by Gasteiger charge is 2.21. The molecule has 4 heteroatoms. The number of halogens is 1. The topological polar surface area (TPSA) is 27.9 Å². The minimum Gasteiger partial charge on any atom is -0.507 e. The molecule has 0 bridgehead atoms. The molecule has 2 N–H and O–H groups in total. The Hall–Kier alpha value is -1.71. The number of anilines is 1. The normalized spacial score (nSPS) is 15.9. The van der Waals surface area contributed by atoms with Crippen LogP contribution >= 0.6 is 11.6 Å². The van der Waals surface area contributed by atoms with Crippen molar-refractivity contribution in [2.75, 3.05) is 31.1 Å². The Morgan fingerprint density at radius 1 is 1.09 bits per heavy atom. The molecule has 3 nitrogen and oxygen atoms in total. The van der Waals surface area contributed by atoms with E-state index in [9.17, 15) is 5.11 Å². The van der Waals surface area contributed by atoms with E-state index in [1.54, 1.807) is 0 Å². The zero-order chi connectivity index (χ0) is 16.4. The van der Waals surface area contributed by atoms with Crippen molar-refractivity contribution in [3.05, 3.63) is 58.1 Å². The highest BCUT2D eigenvalue weighted by Crippen LogP contribution is 2.22. The molecule has 0 radical (unpaired) electrons. The average molecular weight is 332 g/mol. The van der Waals surface area contributed by atoms with Gasteiger partial charge in [0.15, 0.2) is 0 Å². The fraction of sp³-hybridized carbons (Fsp3) is 0.368. The highest BCUT2D eigenvalue weighted by molar-refractivity contribution is 6.30. The maximum absolute atomic E-state index is 10.2. The first-order chi connectivity index (χ1) is 11.0. The van der Waals surface area contributed by atoms with Crippen LogP contribution in [0.25, 0.3) is 0 Å². The molecule has 1 aliphatic heterocycles. The van der Waals surface area contributed by atoms with Crippen molar-refractivity contribution in [3.63, 3.8) is 0 Å². The molecular formula is C19H24ClN2O+. The summed E-state index contributed by atoms with van der Waals surface area (Å²) in [5.41, 5.74) is 4.65. The maximum Gasteiger partial charge on any atom is 0.124 e. The minimum absolute atomic E-state index is 0.429. The number of nitrogens with zero attached hydrogens (tertiary/aromatic N) is 1. The third-order valence-corrected chi connectivity index (χ3v) is 5.01. The number of aryl methyl sites for hydroxylation is 2. The number of phenols is 1. The smallest absolute Gasteiger partial charge is 0.124 e. The van der Waals surface area contributed by atoms with Gasteiger partial charge in [0, 0.05) is 16.3 Å². The van der Waals surface area contributed by atoms with E-state index in [2.05, 4.69) is 24.0 Å². The van der Waals surface area contributed by atoms with Crippen LogP contribution in [0.2, 0.25) is 5.02 Å². The molecule has 0 aliphatic carbocycles. The lowest BCUT2D eigenvalue weighted by Gasteiger charge is -2.34. The molecule has 3 rings (SSSR count). The number of aromatic hydroxyl groups is 1. The largest absolute Gasteiger partial charge is 0.507 e. The van der Waals surface area contributed by atoms with Crippen LogP contribution in [0, 0.1) is 13.8 Å². The SMILES string of the molecule is Cc1cc(O)c(C[NH+]2CCN(c3cccc(Cl)c3)CC2)cc1C. The maximum atomic E-state index is 10.2. The van der Waals surface area contributed by atoms with Gasteiger partial charge in [-0.25, -0.2) is 0 Å². The molecule has 122 valence electrons. The van der Waals surface area contributed by atoms with Gasteiger partial charge in [0.25, 0.3) is 0 Å². The lowest BCUT2D eigenvalue weighted by atomic mass is 10.0. The lowest BCUT2D eigenvalue weighted by molar-refractivity contribution is -0.914. The number of phenolic OH excluding ortho intramolecular Hbond substituents is 1. The van der Waals surface area contributed by atoms with E-state index in [1.165, 1.54) is 16.2 Å². The lowest BCUT2D eigenvalue weighted by Crippen LogP contribution is -3.13. The van der Waals surface area contributed by atoms with Gasteiger partial charge in [-0.3, -0.25) is 0 Å². The molecule has 1 heterocycles. The number of nitrogens with one attached hydrogen (secondary N) is 1. The van der Waals surface area contributed by atoms with Gasteiger partial charge < -0.3 is 14.9 Å². The van der Waals surface area contributed by atoms with Crippen LogP contribution in [0.3, 0.4) is 0 Å². The van der Waals surface area contributed by atoms with Crippen molar-refractivity contribution < 1.29 is 10.0 Å². The Labute approximate surface area is 143 Å². The second kappa shape index (κ2) is 6.81. The number of rotatable bonds is 3. The van der Waals surface area contributed by atoms with Crippen LogP contribution in [-0.2, 0) is 6.54 Å². The molecule has 1 saturated heterocycles. The van der Waals surface area contributed by atoms with E-state index in [4.69, 9.17) is 11.6 Å². The number of piperazine rings is 1. The Bertz CT molecular complexity index is 694. The van der Waals surface area contributed by atoms with Crippen LogP contribution in [0.15, 0.2) is 36.4 Å². The van der Waals surface area contributed by atoms with Crippen molar-refractivity contribution in [1.29, 1.82) is 0 Å². The molecule has 0 saturated carbocycles. The van der Waals surface area contributed by atoms with E-state index in [0.717, 1.165) is 48.9 Å². The van der Waals surface area contributed by atoms with Crippen molar-refractivity contribution in [2.45, 2.75) is 20.4 Å². The summed E-state index contributed by atoms with van der Waals surface area (Å²) in [6.45, 7) is 9.19. The molecule has 0 atom stereocenters. The summed E-state index contributed by atoms with van der Waals surface area (Å²) in [6.07, 6.45) is 0. The first-order valence-corrected chi connectivity index (χ1v) is 8.54. The summed E-state index contributed by atoms with van der Waals surface area (Å²) in [5, 5.41) is 11.0. The number of benzene rings is 2. The Kier molecular flexibility index (Phi) is 4.79. The van der Waals surface area contributed by atoms with Crippen LogP contribution in [0.5, 0.6) is 5.75 Å². The second-order valence-electron chi connectivity index (χ2n) is 6.46. The van der Waals surface area contributed by atoms with E-state index in [0.29, 0.717) is 5.75 Å². The van der Waals surface area contributed by atoms with Crippen molar-refractivity contribution in [1.82, 2.24) is 0 Å². The molecular weight excluding hydrogens is 308 g/mol. The Morgan fingerprint density at radius 2 is 1.78 bits per heavy atom. The highest BCUT2D eigenvalue weighted by atomic mass is 35.5. The van der Waals surface area contributed by atoms with Gasteiger partial charge in [0.2, 0.25) is 0 Å². The van der Waals surface area contributed by atoms with Crippen LogP contribution in [0.4, 0.5) is 5.69 Å². The van der Waals surface area contributed by atoms with Gasteiger partial charge in [-0.15, -0.1) is 0 Å². The summed E-state index contributed by atoms with van der Waals surface area (Å²) in [4.78, 5) is 3.90. The van der Waals surface area contributed by atoms with Crippen molar-refractivity contribution in [2.24, 2.45) is 0 Å². The molecule has 1 aliphatic rings. The van der Waals surface area contributed by atoms with Crippen LogP contribution in [-0.4, -0.2) is 31.3 Å². The molecule has 1 fully saturated rings. The summed E-state index contributed by atoms with van der Waals surface area (Å²) in [6, 6.07) is 12.1. The van der Waals surface area contributed by atoms with Gasteiger partial charge in [0.05, 0.1) is 26.2 Å². The van der Waals surface area contributed by atoms with E-state index in [1.807, 2.05) is 31.2 Å². The van der Waals surface area contributed by atoms with Gasteiger partial charge in [-0.1, -0.05) is 17.7 Å². The minimum atomic E-state index is 0.429. The van der Waals surface area contributed by atoms with Crippen LogP contribution in [0.1, 0.15) is 16.7 Å². The van der Waals surface area contributed by atoms with Gasteiger partial charge in [-0.05, 0) is 55.3 Å². The predicted molar refractivity (Wildman–Crippen MR) is 95.6 cm³/mol. The molecule has 0 aromatic heterocycles. The summed E-state index contributed by atoms with van der Waals surface area (Å²) in [5.74, 6) is 0.429. The quantitative estimate of drug-likeness (QED) is 0.904. The average Bonchev–Trinajstić information content (AvgIpc) is 2.53. The van der Waals surface area contributed by atoms with E-state index >= 15 is 0 Å². The zero-order valence-electron chi connectivity index (χ0n) is 13.8. The Balaban J connectivity index is 1.62. The molecule has 0 spiro atoms. The standard InChI is InChI=1S/C19H23ClN2O/c1-14-10-16(19(23)11-15(14)2)13-21-6-8-22(9-7-21)18-5-3-4-17(20)12-18/h3-5,10-12,23H,6-9,13H2,1-2H3/p+1. The molecule has 23 heavy (non-hydrogen) atoms. The fourth-order valence-corrected chi connectivity index (χ4v) is 3.39. The number of quaternary nitrogens is 1. The summed E-state index contributed by atoms with van der Waals surface area (Å²) >= 11 is 6.09. The van der Waals surface area contributed by atoms with E-state index < -0.39 is 0 Å². The predicted octanol–water partition coefficient (Wildman–Crippen LogP) is 2.57. The monoisotopic (exact) mass is 331 g/mol. The van der Waals surface area contributed by atoms with Crippen molar-refractivity contribution in [3.8, 4) is 5.75 Å². The van der Waals surface area contributed by atoms with Gasteiger partial charge in [-0.2, -0.15) is 0 Å². The number of hydrogen-bond acceptors (Lipinski definition) is 2. The van der Waals surface area contributed by atoms with Gasteiger partial charge >= 0.3 is 0 Å². The third-order valence-electron chi connectivity index (χ3n) is 4.78. The Morgan fingerprint density at radius 3 is 2.48 bits per heavy atom.